The van der Waals surface area contributed by atoms with Crippen molar-refractivity contribution in [3.63, 3.8) is 0 Å². The number of methoxy groups -OCH3 is 1. The molecule has 0 amide bonds. The number of aromatic nitrogens is 1. The number of rotatable bonds is 2. The van der Waals surface area contributed by atoms with Crippen LogP contribution in [0.5, 0.6) is 0 Å². The van der Waals surface area contributed by atoms with Crippen LogP contribution < -0.4 is 0 Å². The van der Waals surface area contributed by atoms with Crippen LogP contribution >= 0.6 is 0 Å². The Bertz CT molecular complexity index is 771. The summed E-state index contributed by atoms with van der Waals surface area (Å²) < 4.78 is 7.95. The Morgan fingerprint density at radius 2 is 1.92 bits per heavy atom. The molecule has 0 N–H and O–H groups in total. The monoisotopic (exact) mass is 322 g/mol. The number of para-hydroxylation sites is 1. The molecule has 4 rings (SSSR count). The molecule has 3 heteroatoms. The average Bonchev–Trinajstić information content (AvgIpc) is 2.94. The second-order valence-electron chi connectivity index (χ2n) is 6.74. The zero-order chi connectivity index (χ0) is 16.4. The van der Waals surface area contributed by atoms with Gasteiger partial charge in [-0.2, -0.15) is 0 Å². The fourth-order valence-corrected chi connectivity index (χ4v) is 4.23. The molecule has 0 spiro atoms. The highest BCUT2D eigenvalue weighted by molar-refractivity contribution is 5.86. The van der Waals surface area contributed by atoms with Gasteiger partial charge >= 0.3 is 0 Å². The smallest absolute Gasteiger partial charge is 0.122 e. The van der Waals surface area contributed by atoms with Crippen LogP contribution in [0.2, 0.25) is 0 Å². The topological polar surface area (TPSA) is 17.4 Å². The third-order valence-electron chi connectivity index (χ3n) is 5.32. The first-order chi connectivity index (χ1) is 11.9. The predicted molar refractivity (Wildman–Crippen MR) is 99.1 cm³/mol. The van der Waals surface area contributed by atoms with E-state index in [-0.39, 0.29) is 0 Å². The molecule has 24 heavy (non-hydrogen) atoms. The van der Waals surface area contributed by atoms with Gasteiger partial charge in [0.1, 0.15) is 6.73 Å². The molecule has 0 aliphatic carbocycles. The van der Waals surface area contributed by atoms with Crippen LogP contribution in [-0.2, 0) is 17.9 Å². The molecule has 2 aliphatic rings. The van der Waals surface area contributed by atoms with E-state index in [0.29, 0.717) is 12.8 Å². The molecule has 0 unspecified atom stereocenters. The molecule has 0 saturated heterocycles. The van der Waals surface area contributed by atoms with Crippen LogP contribution in [0.3, 0.4) is 0 Å². The highest BCUT2D eigenvalue weighted by Crippen LogP contribution is 2.39. The van der Waals surface area contributed by atoms with Crippen LogP contribution in [0.25, 0.3) is 10.9 Å². The molecule has 0 bridgehead atoms. The molecule has 2 aromatic rings. The van der Waals surface area contributed by atoms with Gasteiger partial charge in [0.05, 0.1) is 11.6 Å². The van der Waals surface area contributed by atoms with Crippen molar-refractivity contribution >= 4 is 10.9 Å². The predicted octanol–water partition coefficient (Wildman–Crippen LogP) is 4.44. The van der Waals surface area contributed by atoms with Gasteiger partial charge in [-0.1, -0.05) is 42.5 Å². The van der Waals surface area contributed by atoms with Gasteiger partial charge in [0, 0.05) is 31.3 Å². The summed E-state index contributed by atoms with van der Waals surface area (Å²) in [7, 11) is 1.79. The van der Waals surface area contributed by atoms with Gasteiger partial charge in [-0.05, 0) is 37.3 Å². The Kier molecular flexibility index (Phi) is 4.54. The molecule has 3 nitrogen and oxygen atoms in total. The van der Waals surface area contributed by atoms with E-state index >= 15 is 0 Å². The van der Waals surface area contributed by atoms with Gasteiger partial charge in [-0.3, -0.25) is 4.90 Å². The van der Waals surface area contributed by atoms with Gasteiger partial charge < -0.3 is 9.30 Å². The number of nitrogens with zero attached hydrogens (tertiary/aromatic N) is 2. The number of ether oxygens (including phenoxy) is 1. The molecule has 1 aromatic heterocycles. The van der Waals surface area contributed by atoms with Crippen molar-refractivity contribution in [1.82, 2.24) is 9.47 Å². The summed E-state index contributed by atoms with van der Waals surface area (Å²) in [6.45, 7) is 2.81. The maximum Gasteiger partial charge on any atom is 0.122 e. The molecular weight excluding hydrogens is 296 g/mol. The quantitative estimate of drug-likeness (QED) is 0.761. The number of benzene rings is 1. The minimum Gasteiger partial charge on any atom is -0.364 e. The lowest BCUT2D eigenvalue weighted by Crippen LogP contribution is -2.36. The fraction of sp³-hybridized carbons (Fsp3) is 0.429. The van der Waals surface area contributed by atoms with E-state index in [9.17, 15) is 0 Å². The van der Waals surface area contributed by atoms with Crippen molar-refractivity contribution in [2.75, 3.05) is 20.2 Å². The number of fused-ring (bicyclic) bond motifs is 5. The van der Waals surface area contributed by atoms with Crippen molar-refractivity contribution in [3.8, 4) is 0 Å². The van der Waals surface area contributed by atoms with Crippen LogP contribution in [0.4, 0.5) is 0 Å². The normalized spacial score (nSPS) is 24.3. The first-order valence-corrected chi connectivity index (χ1v) is 9.03. The minimum atomic E-state index is 0.440. The van der Waals surface area contributed by atoms with Crippen molar-refractivity contribution in [3.05, 3.63) is 59.8 Å². The number of hydrogen-bond acceptors (Lipinski definition) is 2. The third kappa shape index (κ3) is 2.72. The SMILES string of the molecule is COCn1c2c(c3ccccc31)CCN1C/C=C/CC/C=C/C[C@H]21. The van der Waals surface area contributed by atoms with Gasteiger partial charge in [-0.25, -0.2) is 0 Å². The summed E-state index contributed by atoms with van der Waals surface area (Å²) in [5.74, 6) is 0. The van der Waals surface area contributed by atoms with Gasteiger partial charge in [-0.15, -0.1) is 0 Å². The van der Waals surface area contributed by atoms with Gasteiger partial charge in [0.15, 0.2) is 0 Å². The van der Waals surface area contributed by atoms with Crippen molar-refractivity contribution in [2.45, 2.75) is 38.5 Å². The summed E-state index contributed by atoms with van der Waals surface area (Å²) in [6.07, 6.45) is 13.9. The minimum absolute atomic E-state index is 0.440. The van der Waals surface area contributed by atoms with Crippen molar-refractivity contribution in [2.24, 2.45) is 0 Å². The maximum atomic E-state index is 5.55. The van der Waals surface area contributed by atoms with Gasteiger partial charge in [0.25, 0.3) is 0 Å². The largest absolute Gasteiger partial charge is 0.364 e. The third-order valence-corrected chi connectivity index (χ3v) is 5.32. The summed E-state index contributed by atoms with van der Waals surface area (Å²) in [6, 6.07) is 9.23. The van der Waals surface area contributed by atoms with Crippen LogP contribution in [0.1, 0.15) is 36.6 Å². The maximum absolute atomic E-state index is 5.55. The lowest BCUT2D eigenvalue weighted by atomic mass is 9.94. The summed E-state index contributed by atoms with van der Waals surface area (Å²) in [5, 5.41) is 1.40. The second kappa shape index (κ2) is 6.96. The Hall–Kier alpha value is -1.84. The molecule has 1 atom stereocenters. The average molecular weight is 322 g/mol. The summed E-state index contributed by atoms with van der Waals surface area (Å²) >= 11 is 0. The number of hydrogen-bond donors (Lipinski definition) is 0. The van der Waals surface area contributed by atoms with E-state index in [1.165, 1.54) is 22.2 Å². The molecule has 3 heterocycles. The first-order valence-electron chi connectivity index (χ1n) is 9.03. The number of allylic oxidation sites excluding steroid dienone is 2. The van der Waals surface area contributed by atoms with Crippen LogP contribution in [-0.4, -0.2) is 29.7 Å². The zero-order valence-corrected chi connectivity index (χ0v) is 14.4. The molecule has 2 aliphatic heterocycles. The molecule has 0 fully saturated rings. The summed E-state index contributed by atoms with van der Waals surface area (Å²) in [4.78, 5) is 2.62. The Morgan fingerprint density at radius 3 is 2.79 bits per heavy atom. The molecule has 0 radical (unpaired) electrons. The Morgan fingerprint density at radius 1 is 1.08 bits per heavy atom. The lowest BCUT2D eigenvalue weighted by molar-refractivity contribution is 0.121. The molecular formula is C21H26N2O. The second-order valence-corrected chi connectivity index (χ2v) is 6.74. The highest BCUT2D eigenvalue weighted by Gasteiger charge is 2.31. The van der Waals surface area contributed by atoms with E-state index in [1.54, 1.807) is 7.11 Å². The van der Waals surface area contributed by atoms with E-state index in [4.69, 9.17) is 4.74 Å². The lowest BCUT2D eigenvalue weighted by Gasteiger charge is -2.36. The van der Waals surface area contributed by atoms with E-state index in [1.807, 2.05) is 0 Å². The standard InChI is InChI=1S/C21H26N2O/c1-24-16-23-19-11-8-7-10-17(19)18-13-15-22-14-9-5-3-2-4-6-12-20(22)21(18)23/h4-11,20H,2-3,12-16H2,1H3/b6-4+,9-5+/t20-/m1/s1. The zero-order valence-electron chi connectivity index (χ0n) is 14.4. The van der Waals surface area contributed by atoms with E-state index < -0.39 is 0 Å². The molecule has 126 valence electrons. The Balaban J connectivity index is 1.85. The summed E-state index contributed by atoms with van der Waals surface area (Å²) in [5.41, 5.74) is 4.30. The first kappa shape index (κ1) is 15.7. The molecule has 0 saturated carbocycles. The van der Waals surface area contributed by atoms with Crippen molar-refractivity contribution in [1.29, 1.82) is 0 Å². The van der Waals surface area contributed by atoms with Gasteiger partial charge in [0.2, 0.25) is 0 Å². The highest BCUT2D eigenvalue weighted by atomic mass is 16.5. The molecule has 1 aromatic carbocycles. The van der Waals surface area contributed by atoms with E-state index in [2.05, 4.69) is 58.0 Å². The Labute approximate surface area is 144 Å². The van der Waals surface area contributed by atoms with Crippen LogP contribution in [0.15, 0.2) is 48.6 Å². The van der Waals surface area contributed by atoms with E-state index in [0.717, 1.165) is 38.8 Å². The van der Waals surface area contributed by atoms with Crippen molar-refractivity contribution < 1.29 is 4.74 Å². The van der Waals surface area contributed by atoms with Crippen LogP contribution in [0, 0.1) is 0 Å². The fourth-order valence-electron chi connectivity index (χ4n) is 4.23.